The van der Waals surface area contributed by atoms with Crippen LogP contribution < -0.4 is 9.61 Å². The predicted molar refractivity (Wildman–Crippen MR) is 119 cm³/mol. The number of carbonyl (C=O) groups excluding carboxylic acids is 3. The second-order valence-corrected chi connectivity index (χ2v) is 13.0. The Balaban J connectivity index is 1.77. The summed E-state index contributed by atoms with van der Waals surface area (Å²) in [4.78, 5) is 34.8. The van der Waals surface area contributed by atoms with E-state index in [1.54, 1.807) is 0 Å². The van der Waals surface area contributed by atoms with Crippen LogP contribution in [0, 0.1) is 0 Å². The summed E-state index contributed by atoms with van der Waals surface area (Å²) in [5.74, 6) is -1.29. The molecule has 0 fully saturated rings. The molecule has 1 aliphatic rings. The lowest BCUT2D eigenvalue weighted by molar-refractivity contribution is -0.147. The van der Waals surface area contributed by atoms with Gasteiger partial charge in [0.2, 0.25) is 0 Å². The Hall–Kier alpha value is -2.96. The van der Waals surface area contributed by atoms with Crippen molar-refractivity contribution >= 4 is 40.5 Å². The highest BCUT2D eigenvalue weighted by Gasteiger charge is 2.51. The Morgan fingerprint density at radius 2 is 1.53 bits per heavy atom. The zero-order chi connectivity index (χ0) is 23.4. The zero-order valence-corrected chi connectivity index (χ0v) is 20.5. The van der Waals surface area contributed by atoms with Gasteiger partial charge in [0.05, 0.1) is 12.7 Å². The summed E-state index contributed by atoms with van der Waals surface area (Å²) in [5.41, 5.74) is 1.77. The molecule has 32 heavy (non-hydrogen) atoms. The van der Waals surface area contributed by atoms with Crippen molar-refractivity contribution in [2.75, 3.05) is 0 Å². The average molecular weight is 475 g/mol. The van der Waals surface area contributed by atoms with E-state index in [0.29, 0.717) is 13.0 Å². The van der Waals surface area contributed by atoms with E-state index in [2.05, 4.69) is 0 Å². The number of hydrogen-bond donors (Lipinski definition) is 0. The van der Waals surface area contributed by atoms with Gasteiger partial charge in [0.1, 0.15) is 5.75 Å². The van der Waals surface area contributed by atoms with Crippen molar-refractivity contribution < 1.29 is 36.5 Å². The van der Waals surface area contributed by atoms with Gasteiger partial charge in [-0.25, -0.2) is 0 Å². The predicted octanol–water partition coefficient (Wildman–Crippen LogP) is 2.75. The fourth-order valence-electron chi connectivity index (χ4n) is 3.51. The van der Waals surface area contributed by atoms with Crippen molar-refractivity contribution in [2.45, 2.75) is 46.4 Å². The second kappa shape index (κ2) is 9.67. The molecule has 2 aromatic rings. The fraction of sp³-hybridized carbons (Fsp3) is 0.318. The maximum absolute atomic E-state index is 11.6. The standard InChI is InChI=1S/C22H26O8Si2/c1-16(23)27-32(28-17(2)24,29-18(3)25)13-12-19-10-11-22-20(14-19)15-26-31(4,30-22)21-8-6-5-7-9-21/h5-11,14H,12-13,15H2,1-4H3. The van der Waals surface area contributed by atoms with E-state index in [0.717, 1.165) is 22.1 Å². The van der Waals surface area contributed by atoms with Gasteiger partial charge in [0.15, 0.2) is 0 Å². The van der Waals surface area contributed by atoms with Crippen molar-refractivity contribution in [2.24, 2.45) is 0 Å². The van der Waals surface area contributed by atoms with E-state index in [1.165, 1.54) is 20.8 Å². The minimum absolute atomic E-state index is 0.0721. The number of aryl methyl sites for hydroxylation is 1. The Labute approximate surface area is 189 Å². The molecule has 10 heteroatoms. The minimum atomic E-state index is -3.87. The number of rotatable bonds is 7. The van der Waals surface area contributed by atoms with Crippen molar-refractivity contribution in [3.05, 3.63) is 59.7 Å². The maximum Gasteiger partial charge on any atom is 0.705 e. The van der Waals surface area contributed by atoms with Gasteiger partial charge in [0.25, 0.3) is 17.9 Å². The molecule has 0 aliphatic carbocycles. The highest BCUT2D eigenvalue weighted by atomic mass is 28.4. The maximum atomic E-state index is 11.6. The monoisotopic (exact) mass is 474 g/mol. The third kappa shape index (κ3) is 5.84. The first kappa shape index (κ1) is 23.7. The van der Waals surface area contributed by atoms with Crippen LogP contribution in [0.4, 0.5) is 0 Å². The minimum Gasteiger partial charge on any atom is -0.517 e. The van der Waals surface area contributed by atoms with Gasteiger partial charge in [0, 0.05) is 31.5 Å². The average Bonchev–Trinajstić information content (AvgIpc) is 2.71. The molecule has 1 atom stereocenters. The molecule has 0 amide bonds. The van der Waals surface area contributed by atoms with Crippen LogP contribution in [0.25, 0.3) is 0 Å². The van der Waals surface area contributed by atoms with Crippen LogP contribution in [-0.4, -0.2) is 35.3 Å². The molecular weight excluding hydrogens is 448 g/mol. The Bertz CT molecular complexity index is 969. The molecule has 2 aromatic carbocycles. The van der Waals surface area contributed by atoms with Crippen molar-refractivity contribution in [3.63, 3.8) is 0 Å². The molecule has 1 heterocycles. The number of fused-ring (bicyclic) bond motifs is 1. The van der Waals surface area contributed by atoms with Crippen LogP contribution in [0.5, 0.6) is 5.75 Å². The molecule has 0 spiro atoms. The lowest BCUT2D eigenvalue weighted by atomic mass is 10.1. The molecule has 170 valence electrons. The first-order valence-corrected chi connectivity index (χ1v) is 14.4. The molecule has 0 aromatic heterocycles. The molecule has 0 bridgehead atoms. The lowest BCUT2D eigenvalue weighted by Crippen LogP contribution is -2.55. The van der Waals surface area contributed by atoms with Crippen LogP contribution >= 0.6 is 0 Å². The SMILES string of the molecule is CC(=O)O[Si](CCc1ccc2c(c1)CO[Si](C)(c1ccccc1)O2)(OC(C)=O)OC(C)=O. The molecule has 1 unspecified atom stereocenters. The third-order valence-electron chi connectivity index (χ3n) is 4.85. The molecule has 0 N–H and O–H groups in total. The summed E-state index contributed by atoms with van der Waals surface area (Å²) in [5, 5.41) is 1.05. The largest absolute Gasteiger partial charge is 0.705 e. The van der Waals surface area contributed by atoms with Crippen LogP contribution in [0.3, 0.4) is 0 Å². The summed E-state index contributed by atoms with van der Waals surface area (Å²) in [6.07, 6.45) is 0.362. The van der Waals surface area contributed by atoms with E-state index in [1.807, 2.05) is 55.1 Å². The van der Waals surface area contributed by atoms with E-state index in [4.69, 9.17) is 22.1 Å². The first-order valence-electron chi connectivity index (χ1n) is 10.2. The number of hydrogen-bond acceptors (Lipinski definition) is 8. The van der Waals surface area contributed by atoms with Gasteiger partial charge in [-0.2, -0.15) is 0 Å². The molecule has 0 radical (unpaired) electrons. The van der Waals surface area contributed by atoms with Crippen LogP contribution in [-0.2, 0) is 45.1 Å². The van der Waals surface area contributed by atoms with Crippen LogP contribution in [0.1, 0.15) is 31.9 Å². The van der Waals surface area contributed by atoms with Crippen molar-refractivity contribution in [1.82, 2.24) is 0 Å². The summed E-state index contributed by atoms with van der Waals surface area (Å²) in [6, 6.07) is 15.7. The highest BCUT2D eigenvalue weighted by molar-refractivity contribution is 6.80. The molecule has 8 nitrogen and oxygen atoms in total. The van der Waals surface area contributed by atoms with Gasteiger partial charge in [-0.3, -0.25) is 14.4 Å². The van der Waals surface area contributed by atoms with E-state index in [9.17, 15) is 14.4 Å². The van der Waals surface area contributed by atoms with Gasteiger partial charge in [-0.1, -0.05) is 36.4 Å². The summed E-state index contributed by atoms with van der Waals surface area (Å²) in [7, 11) is -6.42. The van der Waals surface area contributed by atoms with Gasteiger partial charge < -0.3 is 22.1 Å². The topological polar surface area (TPSA) is 97.4 Å². The van der Waals surface area contributed by atoms with Crippen LogP contribution in [0.15, 0.2) is 48.5 Å². The second-order valence-electron chi connectivity index (χ2n) is 7.61. The molecule has 0 saturated carbocycles. The fourth-order valence-corrected chi connectivity index (χ4v) is 8.04. The number of benzene rings is 2. The van der Waals surface area contributed by atoms with Gasteiger partial charge in [-0.15, -0.1) is 0 Å². The lowest BCUT2D eigenvalue weighted by Gasteiger charge is -2.33. The van der Waals surface area contributed by atoms with Crippen molar-refractivity contribution in [3.8, 4) is 5.75 Å². The summed E-state index contributed by atoms with van der Waals surface area (Å²) >= 11 is 0. The Kier molecular flexibility index (Phi) is 7.17. The van der Waals surface area contributed by atoms with E-state index < -0.39 is 35.3 Å². The highest BCUT2D eigenvalue weighted by Crippen LogP contribution is 2.31. The normalized spacial score (nSPS) is 17.5. The Morgan fingerprint density at radius 3 is 2.09 bits per heavy atom. The molecule has 0 saturated heterocycles. The van der Waals surface area contributed by atoms with E-state index in [-0.39, 0.29) is 6.04 Å². The summed E-state index contributed by atoms with van der Waals surface area (Å²) < 4.78 is 28.2. The molecule has 1 aliphatic heterocycles. The Morgan fingerprint density at radius 1 is 0.938 bits per heavy atom. The third-order valence-corrected chi connectivity index (χ3v) is 10.2. The van der Waals surface area contributed by atoms with Crippen LogP contribution in [0.2, 0.25) is 12.6 Å². The quantitative estimate of drug-likeness (QED) is 0.565. The van der Waals surface area contributed by atoms with Gasteiger partial charge >= 0.3 is 17.4 Å². The van der Waals surface area contributed by atoms with Gasteiger partial charge in [-0.05, 0) is 30.7 Å². The summed E-state index contributed by atoms with van der Waals surface area (Å²) in [6.45, 7) is 5.94. The van der Waals surface area contributed by atoms with Crippen molar-refractivity contribution in [1.29, 1.82) is 0 Å². The molecular formula is C22H26O8Si2. The zero-order valence-electron chi connectivity index (χ0n) is 18.5. The van der Waals surface area contributed by atoms with E-state index >= 15 is 0 Å². The smallest absolute Gasteiger partial charge is 0.517 e. The first-order chi connectivity index (χ1) is 15.1. The number of carbonyl (C=O) groups is 3. The molecule has 3 rings (SSSR count).